The summed E-state index contributed by atoms with van der Waals surface area (Å²) < 4.78 is 45.5. The molecule has 2 aromatic rings. The van der Waals surface area contributed by atoms with E-state index in [4.69, 9.17) is 4.74 Å². The molecule has 0 fully saturated rings. The summed E-state index contributed by atoms with van der Waals surface area (Å²) in [4.78, 5) is 6.42. The smallest absolute Gasteiger partial charge is 0.416 e. The molecule has 2 aliphatic rings. The quantitative estimate of drug-likeness (QED) is 0.692. The largest absolute Gasteiger partial charge is 0.478 e. The second-order valence-electron chi connectivity index (χ2n) is 7.56. The summed E-state index contributed by atoms with van der Waals surface area (Å²) in [5, 5.41) is 12.5. The summed E-state index contributed by atoms with van der Waals surface area (Å²) in [5.74, 6) is 1.06. The molecular formula is C22H24F3N3O2. The van der Waals surface area contributed by atoms with Crippen molar-refractivity contribution in [2.24, 2.45) is 0 Å². The topological polar surface area (TPSA) is 57.6 Å². The fourth-order valence-electron chi connectivity index (χ4n) is 3.87. The van der Waals surface area contributed by atoms with E-state index < -0.39 is 18.0 Å². The molecule has 0 amide bonds. The highest BCUT2D eigenvalue weighted by molar-refractivity contribution is 5.67. The average molecular weight is 419 g/mol. The first-order chi connectivity index (χ1) is 14.4. The first-order valence-electron chi connectivity index (χ1n) is 10.1. The van der Waals surface area contributed by atoms with Gasteiger partial charge in [-0.25, -0.2) is 0 Å². The zero-order valence-corrected chi connectivity index (χ0v) is 16.5. The van der Waals surface area contributed by atoms with E-state index in [1.54, 1.807) is 24.3 Å². The normalized spacial score (nSPS) is 18.5. The molecular weight excluding hydrogens is 395 g/mol. The van der Waals surface area contributed by atoms with Gasteiger partial charge in [0.15, 0.2) is 0 Å². The molecule has 0 radical (unpaired) electrons. The summed E-state index contributed by atoms with van der Waals surface area (Å²) in [6.07, 6.45) is 0.614. The van der Waals surface area contributed by atoms with Crippen LogP contribution in [0.15, 0.2) is 36.4 Å². The lowest BCUT2D eigenvalue weighted by Crippen LogP contribution is -2.33. The van der Waals surface area contributed by atoms with Crippen LogP contribution in [0.4, 0.5) is 19.0 Å². The van der Waals surface area contributed by atoms with E-state index in [0.29, 0.717) is 36.8 Å². The van der Waals surface area contributed by atoms with Crippen molar-refractivity contribution < 1.29 is 23.0 Å². The first kappa shape index (κ1) is 20.7. The van der Waals surface area contributed by atoms with Gasteiger partial charge in [0, 0.05) is 24.7 Å². The van der Waals surface area contributed by atoms with Crippen LogP contribution in [0.25, 0.3) is 6.08 Å². The van der Waals surface area contributed by atoms with Crippen molar-refractivity contribution >= 4 is 11.9 Å². The van der Waals surface area contributed by atoms with Crippen LogP contribution in [0.2, 0.25) is 0 Å². The molecule has 160 valence electrons. The summed E-state index contributed by atoms with van der Waals surface area (Å²) >= 11 is 0. The van der Waals surface area contributed by atoms with Crippen LogP contribution in [-0.4, -0.2) is 40.9 Å². The second kappa shape index (κ2) is 8.65. The maximum Gasteiger partial charge on any atom is 0.416 e. The molecule has 0 saturated heterocycles. The van der Waals surface area contributed by atoms with Gasteiger partial charge in [-0.05, 0) is 55.1 Å². The van der Waals surface area contributed by atoms with Crippen molar-refractivity contribution in [2.75, 3.05) is 25.0 Å². The Balaban J connectivity index is 1.25. The van der Waals surface area contributed by atoms with Gasteiger partial charge < -0.3 is 15.2 Å². The average Bonchev–Trinajstić information content (AvgIpc) is 2.72. The second-order valence-corrected chi connectivity index (χ2v) is 7.56. The first-order valence-corrected chi connectivity index (χ1v) is 10.1. The monoisotopic (exact) mass is 419 g/mol. The predicted molar refractivity (Wildman–Crippen MR) is 108 cm³/mol. The number of nitrogens with one attached hydrogen (secondary N) is 1. The van der Waals surface area contributed by atoms with E-state index in [1.165, 1.54) is 12.1 Å². The van der Waals surface area contributed by atoms with Gasteiger partial charge in [0.25, 0.3) is 0 Å². The third-order valence-electron chi connectivity index (χ3n) is 5.42. The molecule has 8 heteroatoms. The molecule has 0 aliphatic carbocycles. The van der Waals surface area contributed by atoms with Crippen molar-refractivity contribution in [3.8, 4) is 5.88 Å². The van der Waals surface area contributed by atoms with Crippen LogP contribution in [0, 0.1) is 0 Å². The molecule has 2 aliphatic heterocycles. The summed E-state index contributed by atoms with van der Waals surface area (Å²) in [7, 11) is 0. The molecule has 1 atom stereocenters. The van der Waals surface area contributed by atoms with E-state index in [2.05, 4.69) is 15.2 Å². The van der Waals surface area contributed by atoms with E-state index in [0.717, 1.165) is 37.1 Å². The van der Waals surface area contributed by atoms with Crippen LogP contribution in [-0.2, 0) is 19.1 Å². The molecule has 1 aromatic carbocycles. The van der Waals surface area contributed by atoms with Gasteiger partial charge in [0.1, 0.15) is 12.0 Å². The van der Waals surface area contributed by atoms with E-state index >= 15 is 0 Å². The highest BCUT2D eigenvalue weighted by Crippen LogP contribution is 2.35. The minimum absolute atomic E-state index is 0.333. The molecule has 30 heavy (non-hydrogen) atoms. The number of ether oxygens (including phenoxy) is 1. The molecule has 5 nitrogen and oxygen atoms in total. The molecule has 3 heterocycles. The van der Waals surface area contributed by atoms with Crippen LogP contribution in [0.3, 0.4) is 0 Å². The van der Waals surface area contributed by atoms with Crippen LogP contribution < -0.4 is 10.1 Å². The number of benzene rings is 1. The number of aliphatic hydroxyl groups excluding tert-OH is 1. The lowest BCUT2D eigenvalue weighted by molar-refractivity contribution is -0.138. The van der Waals surface area contributed by atoms with Crippen LogP contribution in [0.1, 0.15) is 35.1 Å². The number of unbranched alkanes of at least 4 members (excludes halogenated alkanes) is 1. The van der Waals surface area contributed by atoms with Gasteiger partial charge in [-0.1, -0.05) is 18.2 Å². The molecule has 0 bridgehead atoms. The summed E-state index contributed by atoms with van der Waals surface area (Å²) in [6.45, 7) is 2.30. The molecule has 1 unspecified atom stereocenters. The predicted octanol–water partition coefficient (Wildman–Crippen LogP) is 4.07. The summed E-state index contributed by atoms with van der Waals surface area (Å²) in [6, 6.07) is 8.12. The number of pyridine rings is 1. The Kier molecular flexibility index (Phi) is 5.97. The standard InChI is InChI=1S/C22H24F3N3O2/c23-22(24,25)18-5-3-4-15-10-12-28(14-17(15)18)11-1-2-13-30-20-9-7-16-6-8-19(29)26-21(16)27-20/h3-9,19,29H,1-2,10-14H2,(H,26,27). The lowest BCUT2D eigenvalue weighted by atomic mass is 9.94. The molecule has 2 N–H and O–H groups in total. The number of rotatable bonds is 6. The Morgan fingerprint density at radius 3 is 2.90 bits per heavy atom. The van der Waals surface area contributed by atoms with Gasteiger partial charge >= 0.3 is 6.18 Å². The van der Waals surface area contributed by atoms with Gasteiger partial charge in [0.2, 0.25) is 5.88 Å². The number of fused-ring (bicyclic) bond motifs is 2. The van der Waals surface area contributed by atoms with E-state index in [-0.39, 0.29) is 0 Å². The Bertz CT molecular complexity index is 930. The zero-order valence-electron chi connectivity index (χ0n) is 16.5. The van der Waals surface area contributed by atoms with Crippen LogP contribution in [0.5, 0.6) is 5.88 Å². The lowest BCUT2D eigenvalue weighted by Gasteiger charge is -2.30. The molecule has 4 rings (SSSR count). The Morgan fingerprint density at radius 1 is 1.20 bits per heavy atom. The Morgan fingerprint density at radius 2 is 2.07 bits per heavy atom. The Labute approximate surface area is 173 Å². The number of halogens is 3. The fourth-order valence-corrected chi connectivity index (χ4v) is 3.87. The van der Waals surface area contributed by atoms with Crippen molar-refractivity contribution in [3.63, 3.8) is 0 Å². The Hall–Kier alpha value is -2.58. The minimum atomic E-state index is -4.31. The highest BCUT2D eigenvalue weighted by atomic mass is 19.4. The number of anilines is 1. The third-order valence-corrected chi connectivity index (χ3v) is 5.42. The van der Waals surface area contributed by atoms with E-state index in [1.807, 2.05) is 6.07 Å². The van der Waals surface area contributed by atoms with Crippen molar-refractivity contribution in [3.05, 3.63) is 58.7 Å². The maximum absolute atomic E-state index is 13.3. The number of aromatic nitrogens is 1. The molecule has 0 saturated carbocycles. The molecule has 1 aromatic heterocycles. The fraction of sp³-hybridized carbons (Fsp3) is 0.409. The van der Waals surface area contributed by atoms with Gasteiger partial charge in [-0.15, -0.1) is 0 Å². The number of alkyl halides is 3. The van der Waals surface area contributed by atoms with Crippen molar-refractivity contribution in [1.29, 1.82) is 0 Å². The number of hydrogen-bond donors (Lipinski definition) is 2. The SMILES string of the molecule is OC1C=Cc2ccc(OCCCCN3CCc4cccc(C(F)(F)F)c4C3)nc2N1. The number of nitrogens with zero attached hydrogens (tertiary/aromatic N) is 2. The van der Waals surface area contributed by atoms with Gasteiger partial charge in [0.05, 0.1) is 12.2 Å². The number of aliphatic hydroxyl groups is 1. The minimum Gasteiger partial charge on any atom is -0.478 e. The van der Waals surface area contributed by atoms with E-state index in [9.17, 15) is 18.3 Å². The number of hydrogen-bond acceptors (Lipinski definition) is 5. The van der Waals surface area contributed by atoms with Crippen LogP contribution >= 0.6 is 0 Å². The molecule has 0 spiro atoms. The van der Waals surface area contributed by atoms with Gasteiger partial charge in [-0.3, -0.25) is 4.90 Å². The van der Waals surface area contributed by atoms with Crippen molar-refractivity contribution in [2.45, 2.75) is 38.2 Å². The highest BCUT2D eigenvalue weighted by Gasteiger charge is 2.35. The summed E-state index contributed by atoms with van der Waals surface area (Å²) in [5.41, 5.74) is 1.59. The van der Waals surface area contributed by atoms with Gasteiger partial charge in [-0.2, -0.15) is 18.2 Å². The third kappa shape index (κ3) is 4.76. The maximum atomic E-state index is 13.3. The van der Waals surface area contributed by atoms with Crippen molar-refractivity contribution in [1.82, 2.24) is 9.88 Å². The zero-order chi connectivity index (χ0) is 21.1.